The molecule has 2 aromatic heterocycles. The van der Waals surface area contributed by atoms with Gasteiger partial charge in [-0.1, -0.05) is 24.3 Å². The summed E-state index contributed by atoms with van der Waals surface area (Å²) in [4.78, 5) is 19.3. The molecule has 1 aliphatic heterocycles. The van der Waals surface area contributed by atoms with Crippen LogP contribution in [0.5, 0.6) is 0 Å². The highest BCUT2D eigenvalue weighted by atomic mass is 32.1. The van der Waals surface area contributed by atoms with E-state index in [0.717, 1.165) is 24.9 Å². The fraction of sp³-hybridized carbons (Fsp3) is 0.350. The van der Waals surface area contributed by atoms with E-state index in [1.54, 1.807) is 11.3 Å². The molecule has 25 heavy (non-hydrogen) atoms. The molecule has 0 bridgehead atoms. The number of likely N-dealkylation sites (tertiary alicyclic amines) is 1. The lowest BCUT2D eigenvalue weighted by Crippen LogP contribution is -2.37. The van der Waals surface area contributed by atoms with Gasteiger partial charge in [-0.05, 0) is 48.9 Å². The van der Waals surface area contributed by atoms with Crippen molar-refractivity contribution in [3.8, 4) is 0 Å². The first-order valence-electron chi connectivity index (χ1n) is 8.90. The van der Waals surface area contributed by atoms with Crippen LogP contribution >= 0.6 is 11.3 Å². The third-order valence-electron chi connectivity index (χ3n) is 4.97. The van der Waals surface area contributed by atoms with Gasteiger partial charge in [-0.3, -0.25) is 9.69 Å². The van der Waals surface area contributed by atoms with Crippen LogP contribution in [0.3, 0.4) is 0 Å². The maximum atomic E-state index is 12.3. The van der Waals surface area contributed by atoms with Gasteiger partial charge in [0.25, 0.3) is 0 Å². The summed E-state index contributed by atoms with van der Waals surface area (Å²) < 4.78 is 0. The predicted molar refractivity (Wildman–Crippen MR) is 103 cm³/mol. The van der Waals surface area contributed by atoms with Crippen LogP contribution in [0.25, 0.3) is 10.9 Å². The summed E-state index contributed by atoms with van der Waals surface area (Å²) in [5.74, 6) is 0.128. The zero-order valence-corrected chi connectivity index (χ0v) is 15.0. The van der Waals surface area contributed by atoms with Crippen LogP contribution in [0.4, 0.5) is 0 Å². The van der Waals surface area contributed by atoms with Gasteiger partial charge in [-0.25, -0.2) is 0 Å². The molecule has 0 spiro atoms. The van der Waals surface area contributed by atoms with Crippen LogP contribution in [0.2, 0.25) is 0 Å². The van der Waals surface area contributed by atoms with E-state index in [9.17, 15) is 4.79 Å². The van der Waals surface area contributed by atoms with Gasteiger partial charge in [0, 0.05) is 34.6 Å². The van der Waals surface area contributed by atoms with Crippen molar-refractivity contribution in [3.63, 3.8) is 0 Å². The normalized spacial score (nSPS) is 18.0. The monoisotopic (exact) mass is 353 g/mol. The van der Waals surface area contributed by atoms with Crippen LogP contribution in [-0.4, -0.2) is 35.4 Å². The van der Waals surface area contributed by atoms with Gasteiger partial charge in [-0.15, -0.1) is 11.3 Å². The zero-order valence-electron chi connectivity index (χ0n) is 14.2. The number of carbonyl (C=O) groups excluding carboxylic acids is 1. The number of amides is 1. The van der Waals surface area contributed by atoms with E-state index < -0.39 is 0 Å². The molecule has 1 unspecified atom stereocenters. The average molecular weight is 353 g/mol. The Hall–Kier alpha value is -2.11. The molecule has 1 aliphatic rings. The van der Waals surface area contributed by atoms with E-state index in [2.05, 4.69) is 50.9 Å². The first kappa shape index (κ1) is 16.4. The summed E-state index contributed by atoms with van der Waals surface area (Å²) in [6, 6.07) is 13.0. The highest BCUT2D eigenvalue weighted by Crippen LogP contribution is 2.33. The number of hydrogen-bond acceptors (Lipinski definition) is 3. The molecule has 1 fully saturated rings. The Morgan fingerprint density at radius 2 is 2.20 bits per heavy atom. The highest BCUT2D eigenvalue weighted by molar-refractivity contribution is 7.10. The molecular formula is C20H23N3OS. The van der Waals surface area contributed by atoms with E-state index in [4.69, 9.17) is 0 Å². The number of para-hydroxylation sites is 1. The fourth-order valence-electron chi connectivity index (χ4n) is 3.73. The molecule has 4 nitrogen and oxygen atoms in total. The number of benzene rings is 1. The van der Waals surface area contributed by atoms with E-state index in [-0.39, 0.29) is 5.91 Å². The molecule has 1 amide bonds. The zero-order chi connectivity index (χ0) is 17.1. The van der Waals surface area contributed by atoms with Crippen molar-refractivity contribution in [2.24, 2.45) is 0 Å². The largest absolute Gasteiger partial charge is 0.361 e. The SMILES string of the molecule is O=C(CN1CCCC1c1cccs1)NCCc1c[nH]c2ccccc12. The maximum Gasteiger partial charge on any atom is 0.234 e. The van der Waals surface area contributed by atoms with Crippen LogP contribution in [-0.2, 0) is 11.2 Å². The molecule has 5 heteroatoms. The number of nitrogens with one attached hydrogen (secondary N) is 2. The molecule has 4 rings (SSSR count). The number of fused-ring (bicyclic) bond motifs is 1. The van der Waals surface area contributed by atoms with E-state index in [0.29, 0.717) is 19.1 Å². The number of carbonyl (C=O) groups is 1. The molecule has 1 aromatic carbocycles. The summed E-state index contributed by atoms with van der Waals surface area (Å²) in [5, 5.41) is 6.45. The summed E-state index contributed by atoms with van der Waals surface area (Å²) in [6.45, 7) is 2.19. The Kier molecular flexibility index (Phi) is 4.85. The predicted octanol–water partition coefficient (Wildman–Crippen LogP) is 3.73. The van der Waals surface area contributed by atoms with Crippen LogP contribution in [0, 0.1) is 0 Å². The minimum absolute atomic E-state index is 0.128. The smallest absolute Gasteiger partial charge is 0.234 e. The number of rotatable bonds is 6. The van der Waals surface area contributed by atoms with E-state index >= 15 is 0 Å². The van der Waals surface area contributed by atoms with Gasteiger partial charge in [-0.2, -0.15) is 0 Å². The summed E-state index contributed by atoms with van der Waals surface area (Å²) >= 11 is 1.79. The van der Waals surface area contributed by atoms with Crippen molar-refractivity contribution in [2.45, 2.75) is 25.3 Å². The standard InChI is InChI=1S/C20H23N3OS/c24-20(14-23-11-3-7-18(23)19-8-4-12-25-19)21-10-9-15-13-22-17-6-2-1-5-16(15)17/h1-2,4-6,8,12-13,18,22H,3,7,9-11,14H2,(H,21,24). The van der Waals surface area contributed by atoms with Crippen molar-refractivity contribution in [2.75, 3.05) is 19.6 Å². The molecule has 1 atom stereocenters. The molecule has 0 saturated carbocycles. The molecule has 130 valence electrons. The molecule has 2 N–H and O–H groups in total. The van der Waals surface area contributed by atoms with Crippen LogP contribution < -0.4 is 5.32 Å². The topological polar surface area (TPSA) is 48.1 Å². The van der Waals surface area contributed by atoms with Crippen LogP contribution in [0.15, 0.2) is 48.0 Å². The first-order valence-corrected chi connectivity index (χ1v) is 9.78. The second kappa shape index (κ2) is 7.42. The number of H-pyrrole nitrogens is 1. The van der Waals surface area contributed by atoms with Gasteiger partial charge < -0.3 is 10.3 Å². The van der Waals surface area contributed by atoms with Crippen molar-refractivity contribution in [1.82, 2.24) is 15.2 Å². The number of aromatic amines is 1. The quantitative estimate of drug-likeness (QED) is 0.709. The molecule has 3 heterocycles. The third-order valence-corrected chi connectivity index (χ3v) is 5.95. The summed E-state index contributed by atoms with van der Waals surface area (Å²) in [7, 11) is 0. The van der Waals surface area contributed by atoms with E-state index in [1.165, 1.54) is 22.2 Å². The lowest BCUT2D eigenvalue weighted by molar-refractivity contribution is -0.122. The number of nitrogens with zero attached hydrogens (tertiary/aromatic N) is 1. The van der Waals surface area contributed by atoms with Crippen LogP contribution in [0.1, 0.15) is 29.3 Å². The average Bonchev–Trinajstić information content (AvgIpc) is 3.35. The molecule has 0 aliphatic carbocycles. The number of thiophene rings is 1. The van der Waals surface area contributed by atoms with Crippen molar-refractivity contribution in [3.05, 3.63) is 58.4 Å². The fourth-order valence-corrected chi connectivity index (χ4v) is 4.63. The third kappa shape index (κ3) is 3.62. The summed E-state index contributed by atoms with van der Waals surface area (Å²) in [6.07, 6.45) is 5.22. The Morgan fingerprint density at radius 3 is 3.08 bits per heavy atom. The second-order valence-electron chi connectivity index (χ2n) is 6.60. The van der Waals surface area contributed by atoms with Crippen molar-refractivity contribution >= 4 is 28.1 Å². The lowest BCUT2D eigenvalue weighted by Gasteiger charge is -2.22. The number of aromatic nitrogens is 1. The Bertz CT molecular complexity index is 840. The Morgan fingerprint density at radius 1 is 1.28 bits per heavy atom. The van der Waals surface area contributed by atoms with Gasteiger partial charge in [0.15, 0.2) is 0 Å². The minimum Gasteiger partial charge on any atom is -0.361 e. The second-order valence-corrected chi connectivity index (χ2v) is 7.58. The molecular weight excluding hydrogens is 330 g/mol. The lowest BCUT2D eigenvalue weighted by atomic mass is 10.1. The summed E-state index contributed by atoms with van der Waals surface area (Å²) in [5.41, 5.74) is 2.41. The van der Waals surface area contributed by atoms with Crippen molar-refractivity contribution < 1.29 is 4.79 Å². The maximum absolute atomic E-state index is 12.3. The molecule has 3 aromatic rings. The Balaban J connectivity index is 1.29. The van der Waals surface area contributed by atoms with Crippen molar-refractivity contribution in [1.29, 1.82) is 0 Å². The van der Waals surface area contributed by atoms with Gasteiger partial charge in [0.1, 0.15) is 0 Å². The first-order chi connectivity index (χ1) is 12.3. The molecule has 1 saturated heterocycles. The van der Waals surface area contributed by atoms with Gasteiger partial charge >= 0.3 is 0 Å². The molecule has 0 radical (unpaired) electrons. The highest BCUT2D eigenvalue weighted by Gasteiger charge is 2.27. The minimum atomic E-state index is 0.128. The van der Waals surface area contributed by atoms with Gasteiger partial charge in [0.05, 0.1) is 6.54 Å². The van der Waals surface area contributed by atoms with Gasteiger partial charge in [0.2, 0.25) is 5.91 Å². The Labute approximate surface area is 151 Å². The number of hydrogen-bond donors (Lipinski definition) is 2. The van der Waals surface area contributed by atoms with E-state index in [1.807, 2.05) is 12.3 Å².